The van der Waals surface area contributed by atoms with Gasteiger partial charge in [-0.25, -0.2) is 13.1 Å². The van der Waals surface area contributed by atoms with Gasteiger partial charge in [0.2, 0.25) is 10.0 Å². The molecular weight excluding hydrogens is 430 g/mol. The molecule has 0 saturated carbocycles. The molecule has 2 amide bonds. The van der Waals surface area contributed by atoms with Crippen LogP contribution >= 0.6 is 0 Å². The lowest BCUT2D eigenvalue weighted by molar-refractivity contribution is 0.0949. The van der Waals surface area contributed by atoms with Gasteiger partial charge in [-0.05, 0) is 54.6 Å². The van der Waals surface area contributed by atoms with Gasteiger partial charge in [0.1, 0.15) is 12.4 Å². The van der Waals surface area contributed by atoms with Crippen LogP contribution in [0.15, 0.2) is 77.7 Å². The minimum atomic E-state index is -3.50. The van der Waals surface area contributed by atoms with E-state index in [9.17, 15) is 18.0 Å². The van der Waals surface area contributed by atoms with E-state index in [4.69, 9.17) is 10.5 Å². The summed E-state index contributed by atoms with van der Waals surface area (Å²) in [6.45, 7) is 0.401. The number of sulfonamides is 1. The second kappa shape index (κ2) is 10.1. The summed E-state index contributed by atoms with van der Waals surface area (Å²) in [5.41, 5.74) is 7.60. The number of nitrogens with two attached hydrogens (primary N) is 1. The molecule has 0 saturated heterocycles. The normalized spacial score (nSPS) is 11.0. The molecule has 0 heterocycles. The third-order valence-electron chi connectivity index (χ3n) is 4.69. The fourth-order valence-electron chi connectivity index (χ4n) is 2.95. The highest BCUT2D eigenvalue weighted by Crippen LogP contribution is 2.19. The summed E-state index contributed by atoms with van der Waals surface area (Å²) in [5.74, 6) is -0.486. The lowest BCUT2D eigenvalue weighted by atomic mass is 10.1. The second-order valence-corrected chi connectivity index (χ2v) is 8.77. The Balaban J connectivity index is 1.61. The molecular formula is C23H23N3O5S. The van der Waals surface area contributed by atoms with Gasteiger partial charge in [-0.1, -0.05) is 36.4 Å². The number of amides is 2. The summed E-state index contributed by atoms with van der Waals surface area (Å²) in [5, 5.41) is 2.81. The Hall–Kier alpha value is -3.69. The van der Waals surface area contributed by atoms with Crippen molar-refractivity contribution in [3.63, 3.8) is 0 Å². The predicted octanol–water partition coefficient (Wildman–Crippen LogP) is 2.20. The molecule has 9 heteroatoms. The standard InChI is InChI=1S/C23H23N3O5S/c1-25-32(29,30)19-11-9-16(10-12-19)14-26-23(28)18-6-4-5-17(13-18)15-31-21-8-3-2-7-20(21)22(24)27/h2-13,25H,14-15H2,1H3,(H2,24,27)(H,26,28). The number of rotatable bonds is 9. The SMILES string of the molecule is CNS(=O)(=O)c1ccc(CNC(=O)c2cccc(COc3ccccc3C(N)=O)c2)cc1. The number of primary amides is 1. The molecule has 0 fully saturated rings. The molecule has 8 nitrogen and oxygen atoms in total. The van der Waals surface area contributed by atoms with Gasteiger partial charge in [0, 0.05) is 12.1 Å². The molecule has 0 unspecified atom stereocenters. The van der Waals surface area contributed by atoms with Crippen molar-refractivity contribution >= 4 is 21.8 Å². The molecule has 0 aliphatic heterocycles. The van der Waals surface area contributed by atoms with Crippen molar-refractivity contribution in [2.45, 2.75) is 18.0 Å². The van der Waals surface area contributed by atoms with Gasteiger partial charge < -0.3 is 15.8 Å². The molecule has 3 rings (SSSR count). The Morgan fingerprint density at radius 1 is 0.938 bits per heavy atom. The quantitative estimate of drug-likeness (QED) is 0.458. The number of carbonyl (C=O) groups is 2. The molecule has 0 spiro atoms. The van der Waals surface area contributed by atoms with E-state index < -0.39 is 15.9 Å². The summed E-state index contributed by atoms with van der Waals surface area (Å²) < 4.78 is 31.5. The summed E-state index contributed by atoms with van der Waals surface area (Å²) >= 11 is 0. The molecule has 3 aromatic rings. The van der Waals surface area contributed by atoms with Gasteiger partial charge in [0.15, 0.2) is 0 Å². The monoisotopic (exact) mass is 453 g/mol. The molecule has 0 aliphatic rings. The third-order valence-corrected chi connectivity index (χ3v) is 6.12. The maximum Gasteiger partial charge on any atom is 0.252 e. The molecule has 4 N–H and O–H groups in total. The Morgan fingerprint density at radius 3 is 2.34 bits per heavy atom. The lowest BCUT2D eigenvalue weighted by Gasteiger charge is -2.11. The van der Waals surface area contributed by atoms with E-state index in [2.05, 4.69) is 10.0 Å². The van der Waals surface area contributed by atoms with Crippen LogP contribution in [-0.2, 0) is 23.2 Å². The van der Waals surface area contributed by atoms with Crippen molar-refractivity contribution in [2.75, 3.05) is 7.05 Å². The van der Waals surface area contributed by atoms with Gasteiger partial charge in [-0.15, -0.1) is 0 Å². The van der Waals surface area contributed by atoms with Crippen LogP contribution in [0.5, 0.6) is 5.75 Å². The van der Waals surface area contributed by atoms with E-state index in [1.165, 1.54) is 19.2 Å². The highest BCUT2D eigenvalue weighted by atomic mass is 32.2. The zero-order chi connectivity index (χ0) is 23.1. The predicted molar refractivity (Wildman–Crippen MR) is 120 cm³/mol. The lowest BCUT2D eigenvalue weighted by Crippen LogP contribution is -2.23. The minimum Gasteiger partial charge on any atom is -0.488 e. The minimum absolute atomic E-state index is 0.153. The van der Waals surface area contributed by atoms with Gasteiger partial charge >= 0.3 is 0 Å². The Kier molecular flexibility index (Phi) is 7.24. The van der Waals surface area contributed by atoms with Gasteiger partial charge in [0.05, 0.1) is 10.5 Å². The first-order chi connectivity index (χ1) is 15.3. The Labute approximate surface area is 186 Å². The van der Waals surface area contributed by atoms with Gasteiger partial charge in [-0.3, -0.25) is 9.59 Å². The van der Waals surface area contributed by atoms with Gasteiger partial charge in [-0.2, -0.15) is 0 Å². The maximum absolute atomic E-state index is 12.5. The number of carbonyl (C=O) groups excluding carboxylic acids is 2. The zero-order valence-corrected chi connectivity index (χ0v) is 18.2. The Bertz CT molecular complexity index is 1220. The second-order valence-electron chi connectivity index (χ2n) is 6.88. The fourth-order valence-corrected chi connectivity index (χ4v) is 3.68. The third kappa shape index (κ3) is 5.71. The van der Waals surface area contributed by atoms with Crippen molar-refractivity contribution in [1.29, 1.82) is 0 Å². The first kappa shape index (κ1) is 23.0. The molecule has 3 aromatic carbocycles. The smallest absolute Gasteiger partial charge is 0.252 e. The summed E-state index contributed by atoms with van der Waals surface area (Å²) in [6.07, 6.45) is 0. The average molecular weight is 454 g/mol. The first-order valence-corrected chi connectivity index (χ1v) is 11.2. The van der Waals surface area contributed by atoms with Crippen LogP contribution in [-0.4, -0.2) is 27.3 Å². The zero-order valence-electron chi connectivity index (χ0n) is 17.4. The van der Waals surface area contributed by atoms with Crippen molar-refractivity contribution in [1.82, 2.24) is 10.0 Å². The highest BCUT2D eigenvalue weighted by molar-refractivity contribution is 7.89. The van der Waals surface area contributed by atoms with E-state index >= 15 is 0 Å². The molecule has 0 aromatic heterocycles. The summed E-state index contributed by atoms with van der Waals surface area (Å²) in [4.78, 5) is 24.2. The van der Waals surface area contributed by atoms with Crippen molar-refractivity contribution in [2.24, 2.45) is 5.73 Å². The van der Waals surface area contributed by atoms with Gasteiger partial charge in [0.25, 0.3) is 11.8 Å². The van der Waals surface area contributed by atoms with Crippen LogP contribution in [0.4, 0.5) is 0 Å². The van der Waals surface area contributed by atoms with Crippen LogP contribution in [0, 0.1) is 0 Å². The number of para-hydroxylation sites is 1. The Morgan fingerprint density at radius 2 is 1.66 bits per heavy atom. The van der Waals surface area contributed by atoms with Crippen LogP contribution < -0.4 is 20.5 Å². The van der Waals surface area contributed by atoms with Crippen molar-refractivity contribution < 1.29 is 22.7 Å². The number of hydrogen-bond acceptors (Lipinski definition) is 5. The van der Waals surface area contributed by atoms with E-state index in [0.29, 0.717) is 11.3 Å². The molecule has 0 bridgehead atoms. The van der Waals surface area contributed by atoms with Crippen molar-refractivity contribution in [3.05, 3.63) is 95.1 Å². The number of benzene rings is 3. The average Bonchev–Trinajstić information content (AvgIpc) is 2.81. The molecule has 0 atom stereocenters. The summed E-state index contributed by atoms with van der Waals surface area (Å²) in [7, 11) is -2.16. The van der Waals surface area contributed by atoms with E-state index in [1.807, 2.05) is 6.07 Å². The molecule has 166 valence electrons. The van der Waals surface area contributed by atoms with E-state index in [-0.39, 0.29) is 29.5 Å². The largest absolute Gasteiger partial charge is 0.488 e. The van der Waals surface area contributed by atoms with Crippen LogP contribution in [0.3, 0.4) is 0 Å². The highest BCUT2D eigenvalue weighted by Gasteiger charge is 2.12. The molecule has 32 heavy (non-hydrogen) atoms. The first-order valence-electron chi connectivity index (χ1n) is 9.71. The molecule has 0 aliphatic carbocycles. The van der Waals surface area contributed by atoms with Crippen LogP contribution in [0.1, 0.15) is 31.8 Å². The van der Waals surface area contributed by atoms with Crippen LogP contribution in [0.25, 0.3) is 0 Å². The van der Waals surface area contributed by atoms with E-state index in [1.54, 1.807) is 54.6 Å². The topological polar surface area (TPSA) is 128 Å². The number of ether oxygens (including phenoxy) is 1. The van der Waals surface area contributed by atoms with Crippen LogP contribution in [0.2, 0.25) is 0 Å². The van der Waals surface area contributed by atoms with E-state index in [0.717, 1.165) is 11.1 Å². The number of hydrogen-bond donors (Lipinski definition) is 3. The van der Waals surface area contributed by atoms with Crippen molar-refractivity contribution in [3.8, 4) is 5.75 Å². The number of nitrogens with one attached hydrogen (secondary N) is 2. The maximum atomic E-state index is 12.5. The fraction of sp³-hybridized carbons (Fsp3) is 0.130. The molecule has 0 radical (unpaired) electrons. The summed E-state index contributed by atoms with van der Waals surface area (Å²) in [6, 6.07) is 19.9.